The van der Waals surface area contributed by atoms with Crippen molar-refractivity contribution < 1.29 is 19.2 Å². The second-order valence-corrected chi connectivity index (χ2v) is 9.13. The molecule has 31 heavy (non-hydrogen) atoms. The Labute approximate surface area is 181 Å². The first-order valence-corrected chi connectivity index (χ1v) is 10.7. The Kier molecular flexibility index (Phi) is 4.40. The van der Waals surface area contributed by atoms with Gasteiger partial charge in [0.1, 0.15) is 0 Å². The third kappa shape index (κ3) is 2.72. The lowest BCUT2D eigenvalue weighted by molar-refractivity contribution is -0.140. The summed E-state index contributed by atoms with van der Waals surface area (Å²) in [5.41, 5.74) is 2.87. The zero-order valence-electron chi connectivity index (χ0n) is 17.8. The Hall–Kier alpha value is -3.20. The smallest absolute Gasteiger partial charge is 0.234 e. The maximum atomic E-state index is 13.0. The number of hydrogen-bond acceptors (Lipinski definition) is 4. The van der Waals surface area contributed by atoms with Gasteiger partial charge in [0, 0.05) is 19.7 Å². The number of rotatable bonds is 0. The van der Waals surface area contributed by atoms with E-state index in [4.69, 9.17) is 0 Å². The van der Waals surface area contributed by atoms with Crippen LogP contribution in [0.25, 0.3) is 0 Å². The molecule has 0 aromatic heterocycles. The Balaban J connectivity index is 1.65. The predicted octanol–water partition coefficient (Wildman–Crippen LogP) is 1.86. The SMILES string of the molecule is CC1=C2[C@@H](C#Cc3ccccc3)[C@H]3C(=O)N(C)C(=O)[C@H]3C[C@H]2[C@H]2C(=O)N(C)C(=O)[C@H]2C1. The Morgan fingerprint density at radius 3 is 2.10 bits per heavy atom. The van der Waals surface area contributed by atoms with E-state index in [9.17, 15) is 19.2 Å². The number of hydrogen-bond donors (Lipinski definition) is 0. The summed E-state index contributed by atoms with van der Waals surface area (Å²) in [6.45, 7) is 1.98. The lowest BCUT2D eigenvalue weighted by atomic mass is 9.57. The van der Waals surface area contributed by atoms with Gasteiger partial charge in [-0.15, -0.1) is 0 Å². The van der Waals surface area contributed by atoms with E-state index in [2.05, 4.69) is 11.8 Å². The van der Waals surface area contributed by atoms with Gasteiger partial charge in [-0.25, -0.2) is 0 Å². The van der Waals surface area contributed by atoms with Crippen LogP contribution in [0, 0.1) is 47.3 Å². The number of carbonyl (C=O) groups excluding carboxylic acids is 4. The highest BCUT2D eigenvalue weighted by atomic mass is 16.2. The molecule has 158 valence electrons. The first kappa shape index (κ1) is 19.7. The van der Waals surface area contributed by atoms with Crippen LogP contribution in [0.4, 0.5) is 0 Å². The largest absolute Gasteiger partial charge is 0.285 e. The molecular weight excluding hydrogens is 392 g/mol. The molecular formula is C25H24N2O4. The van der Waals surface area contributed by atoms with E-state index in [-0.39, 0.29) is 35.5 Å². The zero-order chi connectivity index (χ0) is 22.0. The van der Waals surface area contributed by atoms with Gasteiger partial charge in [0.25, 0.3) is 0 Å². The van der Waals surface area contributed by atoms with E-state index >= 15 is 0 Å². The fraction of sp³-hybridized carbons (Fsp3) is 0.440. The molecule has 2 saturated heterocycles. The summed E-state index contributed by atoms with van der Waals surface area (Å²) in [7, 11) is 3.06. The summed E-state index contributed by atoms with van der Waals surface area (Å²) < 4.78 is 0. The molecule has 6 heteroatoms. The molecule has 4 amide bonds. The van der Waals surface area contributed by atoms with Crippen molar-refractivity contribution >= 4 is 23.6 Å². The average Bonchev–Trinajstić information content (AvgIpc) is 3.12. The van der Waals surface area contributed by atoms with E-state index in [1.165, 1.54) is 23.9 Å². The van der Waals surface area contributed by atoms with Gasteiger partial charge in [-0.1, -0.05) is 41.2 Å². The van der Waals surface area contributed by atoms with E-state index < -0.39 is 23.7 Å². The van der Waals surface area contributed by atoms with Gasteiger partial charge in [0.2, 0.25) is 23.6 Å². The standard InChI is InChI=1S/C25H24N2O4/c1-13-11-17-21(25(31)26(2)22(17)28)16-12-18-20(24(30)27(3)23(18)29)15(19(13)16)10-9-14-7-5-4-6-8-14/h4-8,15-18,20-21H,11-12H2,1-3H3/t15-,16-,17+,18+,20-,21-/m1/s1. The quantitative estimate of drug-likeness (QED) is 0.368. The highest BCUT2D eigenvalue weighted by molar-refractivity contribution is 6.07. The van der Waals surface area contributed by atoms with Crippen molar-refractivity contribution in [2.24, 2.45) is 35.5 Å². The van der Waals surface area contributed by atoms with Crippen molar-refractivity contribution in [2.45, 2.75) is 19.8 Å². The van der Waals surface area contributed by atoms with E-state index in [1.807, 2.05) is 37.3 Å². The predicted molar refractivity (Wildman–Crippen MR) is 112 cm³/mol. The molecule has 4 aliphatic rings. The molecule has 6 nitrogen and oxygen atoms in total. The summed E-state index contributed by atoms with van der Waals surface area (Å²) in [6, 6.07) is 9.54. The van der Waals surface area contributed by atoms with Gasteiger partial charge in [0.15, 0.2) is 0 Å². The molecule has 1 saturated carbocycles. The van der Waals surface area contributed by atoms with Crippen LogP contribution < -0.4 is 0 Å². The number of allylic oxidation sites excluding steroid dienone is 2. The van der Waals surface area contributed by atoms with E-state index in [0.29, 0.717) is 12.8 Å². The second-order valence-electron chi connectivity index (χ2n) is 9.13. The number of fused-ring (bicyclic) bond motifs is 4. The summed E-state index contributed by atoms with van der Waals surface area (Å²) in [5.74, 6) is 3.23. The molecule has 0 spiro atoms. The monoisotopic (exact) mass is 416 g/mol. The molecule has 0 unspecified atom stereocenters. The van der Waals surface area contributed by atoms with Crippen LogP contribution in [0.2, 0.25) is 0 Å². The highest BCUT2D eigenvalue weighted by Gasteiger charge is 2.61. The third-order valence-electron chi connectivity index (χ3n) is 7.59. The number of nitrogens with zero attached hydrogens (tertiary/aromatic N) is 2. The topological polar surface area (TPSA) is 74.8 Å². The van der Waals surface area contributed by atoms with Crippen molar-refractivity contribution in [2.75, 3.05) is 14.1 Å². The van der Waals surface area contributed by atoms with Crippen molar-refractivity contribution in [3.05, 3.63) is 47.0 Å². The molecule has 0 bridgehead atoms. The maximum absolute atomic E-state index is 13.0. The molecule has 6 atom stereocenters. The van der Waals surface area contributed by atoms with Crippen LogP contribution in [0.1, 0.15) is 25.3 Å². The van der Waals surface area contributed by atoms with Crippen molar-refractivity contribution in [1.82, 2.24) is 9.80 Å². The molecule has 3 fully saturated rings. The van der Waals surface area contributed by atoms with Crippen molar-refractivity contribution in [3.8, 4) is 11.8 Å². The van der Waals surface area contributed by atoms with Gasteiger partial charge in [0.05, 0.1) is 29.6 Å². The van der Waals surface area contributed by atoms with Gasteiger partial charge >= 0.3 is 0 Å². The lowest BCUT2D eigenvalue weighted by Gasteiger charge is -2.43. The first-order valence-electron chi connectivity index (χ1n) is 10.7. The summed E-state index contributed by atoms with van der Waals surface area (Å²) >= 11 is 0. The van der Waals surface area contributed by atoms with E-state index in [1.54, 1.807) is 0 Å². The minimum atomic E-state index is -0.531. The number of likely N-dealkylation sites (tertiary alicyclic amines) is 2. The maximum Gasteiger partial charge on any atom is 0.234 e. The number of imide groups is 2. The zero-order valence-corrected chi connectivity index (χ0v) is 17.8. The Morgan fingerprint density at radius 2 is 1.42 bits per heavy atom. The lowest BCUT2D eigenvalue weighted by Crippen LogP contribution is -2.44. The summed E-state index contributed by atoms with van der Waals surface area (Å²) in [5, 5.41) is 0. The molecule has 2 aliphatic heterocycles. The fourth-order valence-corrected chi connectivity index (χ4v) is 6.15. The van der Waals surface area contributed by atoms with Crippen molar-refractivity contribution in [3.63, 3.8) is 0 Å². The minimum absolute atomic E-state index is 0.145. The highest BCUT2D eigenvalue weighted by Crippen LogP contribution is 2.56. The molecule has 2 aliphatic carbocycles. The van der Waals surface area contributed by atoms with Crippen LogP contribution in [-0.2, 0) is 19.2 Å². The first-order chi connectivity index (χ1) is 14.8. The van der Waals surface area contributed by atoms with Gasteiger partial charge < -0.3 is 0 Å². The third-order valence-corrected chi connectivity index (χ3v) is 7.59. The van der Waals surface area contributed by atoms with Crippen LogP contribution >= 0.6 is 0 Å². The van der Waals surface area contributed by atoms with Crippen LogP contribution in [0.5, 0.6) is 0 Å². The molecule has 1 aromatic rings. The number of carbonyl (C=O) groups is 4. The van der Waals surface area contributed by atoms with Gasteiger partial charge in [-0.05, 0) is 37.8 Å². The molecule has 2 heterocycles. The molecule has 0 N–H and O–H groups in total. The average molecular weight is 416 g/mol. The summed E-state index contributed by atoms with van der Waals surface area (Å²) in [4.78, 5) is 54.1. The normalized spacial score (nSPS) is 34.4. The van der Waals surface area contributed by atoms with Crippen LogP contribution in [-0.4, -0.2) is 47.5 Å². The molecule has 1 aromatic carbocycles. The van der Waals surface area contributed by atoms with E-state index in [0.717, 1.165) is 16.7 Å². The second kappa shape index (κ2) is 6.91. The van der Waals surface area contributed by atoms with Gasteiger partial charge in [-0.2, -0.15) is 0 Å². The molecule has 5 rings (SSSR count). The van der Waals surface area contributed by atoms with Crippen molar-refractivity contribution in [1.29, 1.82) is 0 Å². The minimum Gasteiger partial charge on any atom is -0.285 e. The molecule has 0 radical (unpaired) electrons. The van der Waals surface area contributed by atoms with Gasteiger partial charge in [-0.3, -0.25) is 29.0 Å². The number of benzene rings is 1. The Bertz CT molecular complexity index is 1110. The Morgan fingerprint density at radius 1 is 0.806 bits per heavy atom. The van der Waals surface area contributed by atoms with Crippen LogP contribution in [0.3, 0.4) is 0 Å². The fourth-order valence-electron chi connectivity index (χ4n) is 6.15. The van der Waals surface area contributed by atoms with Crippen LogP contribution in [0.15, 0.2) is 41.5 Å². The number of amides is 4. The summed E-state index contributed by atoms with van der Waals surface area (Å²) in [6.07, 6.45) is 0.925.